The van der Waals surface area contributed by atoms with Gasteiger partial charge in [0.1, 0.15) is 0 Å². The van der Waals surface area contributed by atoms with Crippen LogP contribution in [-0.2, 0) is 0 Å². The number of likely N-dealkylation sites (tertiary alicyclic amines) is 1. The second-order valence-corrected chi connectivity index (χ2v) is 3.40. The Morgan fingerprint density at radius 2 is 2.27 bits per heavy atom. The first-order valence-electron chi connectivity index (χ1n) is 4.19. The second-order valence-electron chi connectivity index (χ2n) is 3.40. The van der Waals surface area contributed by atoms with Crippen LogP contribution < -0.4 is 0 Å². The smallest absolute Gasteiger partial charge is 0.251 e. The maximum absolute atomic E-state index is 11.9. The summed E-state index contributed by atoms with van der Waals surface area (Å²) in [6.07, 6.45) is 0.105. The van der Waals surface area contributed by atoms with E-state index in [-0.39, 0.29) is 6.54 Å². The zero-order valence-electron chi connectivity index (χ0n) is 6.89. The van der Waals surface area contributed by atoms with E-state index in [1.165, 1.54) is 6.42 Å². The third kappa shape index (κ3) is 3.14. The van der Waals surface area contributed by atoms with E-state index < -0.39 is 6.43 Å². The Kier molecular flexibility index (Phi) is 3.24. The van der Waals surface area contributed by atoms with Crippen LogP contribution >= 0.6 is 0 Å². The van der Waals surface area contributed by atoms with Gasteiger partial charge in [-0.2, -0.15) is 0 Å². The summed E-state index contributed by atoms with van der Waals surface area (Å²) in [4.78, 5) is 1.86. The van der Waals surface area contributed by atoms with Crippen molar-refractivity contribution in [1.29, 1.82) is 0 Å². The van der Waals surface area contributed by atoms with Crippen molar-refractivity contribution in [3.05, 3.63) is 0 Å². The molecule has 0 aromatic rings. The van der Waals surface area contributed by atoms with Gasteiger partial charge in [0.15, 0.2) is 0 Å². The Labute approximate surface area is 66.4 Å². The van der Waals surface area contributed by atoms with Crippen LogP contribution in [0, 0.1) is 5.92 Å². The van der Waals surface area contributed by atoms with Crippen LogP contribution in [0.25, 0.3) is 0 Å². The van der Waals surface area contributed by atoms with E-state index in [2.05, 4.69) is 6.92 Å². The third-order valence-corrected chi connectivity index (χ3v) is 2.14. The van der Waals surface area contributed by atoms with E-state index in [4.69, 9.17) is 0 Å². The van der Waals surface area contributed by atoms with Gasteiger partial charge in [-0.15, -0.1) is 0 Å². The van der Waals surface area contributed by atoms with Gasteiger partial charge in [-0.25, -0.2) is 8.78 Å². The van der Waals surface area contributed by atoms with Crippen molar-refractivity contribution in [2.45, 2.75) is 26.2 Å². The summed E-state index contributed by atoms with van der Waals surface area (Å²) in [5.74, 6) is 0.600. The summed E-state index contributed by atoms with van der Waals surface area (Å²) in [6.45, 7) is 3.79. The van der Waals surface area contributed by atoms with Crippen LogP contribution in [0.15, 0.2) is 0 Å². The molecule has 0 bridgehead atoms. The predicted octanol–water partition coefficient (Wildman–Crippen LogP) is 1.98. The van der Waals surface area contributed by atoms with Crippen LogP contribution in [0.1, 0.15) is 19.8 Å². The number of nitrogens with zero attached hydrogens (tertiary/aromatic N) is 1. The fraction of sp³-hybridized carbons (Fsp3) is 1.00. The highest BCUT2D eigenvalue weighted by Gasteiger charge is 2.18. The van der Waals surface area contributed by atoms with Gasteiger partial charge in [-0.3, -0.25) is 4.90 Å². The monoisotopic (exact) mass is 163 g/mol. The van der Waals surface area contributed by atoms with Crippen molar-refractivity contribution in [3.63, 3.8) is 0 Å². The lowest BCUT2D eigenvalue weighted by molar-refractivity contribution is 0.0674. The molecule has 1 nitrogen and oxygen atoms in total. The molecule has 1 rings (SSSR count). The number of rotatable bonds is 2. The highest BCUT2D eigenvalue weighted by atomic mass is 19.3. The predicted molar refractivity (Wildman–Crippen MR) is 40.8 cm³/mol. The average molecular weight is 163 g/mol. The van der Waals surface area contributed by atoms with Gasteiger partial charge in [0, 0.05) is 6.54 Å². The first-order valence-corrected chi connectivity index (χ1v) is 4.19. The topological polar surface area (TPSA) is 3.24 Å². The molecule has 1 atom stereocenters. The molecule has 1 aliphatic rings. The molecule has 1 aliphatic heterocycles. The fourth-order valence-electron chi connectivity index (χ4n) is 1.65. The quantitative estimate of drug-likeness (QED) is 0.601. The van der Waals surface area contributed by atoms with Crippen LogP contribution in [0.5, 0.6) is 0 Å². The van der Waals surface area contributed by atoms with E-state index >= 15 is 0 Å². The van der Waals surface area contributed by atoms with E-state index in [9.17, 15) is 8.78 Å². The standard InChI is InChI=1S/C8H15F2N/c1-7-3-2-4-11(5-7)6-8(9)10/h7-8H,2-6H2,1H3/t7-/m0/s1. The Hall–Kier alpha value is -0.180. The van der Waals surface area contributed by atoms with Crippen LogP contribution in [0.3, 0.4) is 0 Å². The number of alkyl halides is 2. The number of halogens is 2. The molecule has 0 radical (unpaired) electrons. The Morgan fingerprint density at radius 1 is 1.55 bits per heavy atom. The van der Waals surface area contributed by atoms with Gasteiger partial charge in [-0.05, 0) is 25.3 Å². The van der Waals surface area contributed by atoms with Crippen molar-refractivity contribution in [2.24, 2.45) is 5.92 Å². The molecule has 66 valence electrons. The van der Waals surface area contributed by atoms with Crippen molar-refractivity contribution in [1.82, 2.24) is 4.90 Å². The zero-order valence-corrected chi connectivity index (χ0v) is 6.89. The molecule has 0 aromatic carbocycles. The molecular weight excluding hydrogens is 148 g/mol. The normalized spacial score (nSPS) is 27.8. The molecule has 0 spiro atoms. The van der Waals surface area contributed by atoms with Crippen LogP contribution in [-0.4, -0.2) is 31.0 Å². The van der Waals surface area contributed by atoms with Crippen molar-refractivity contribution < 1.29 is 8.78 Å². The largest absolute Gasteiger partial charge is 0.297 e. The van der Waals surface area contributed by atoms with Crippen molar-refractivity contribution in [3.8, 4) is 0 Å². The summed E-state index contributed by atoms with van der Waals surface area (Å²) in [7, 11) is 0. The van der Waals surface area contributed by atoms with Crippen molar-refractivity contribution >= 4 is 0 Å². The SMILES string of the molecule is C[C@H]1CCCN(CC(F)F)C1. The lowest BCUT2D eigenvalue weighted by atomic mass is 10.0. The molecule has 0 N–H and O–H groups in total. The highest BCUT2D eigenvalue weighted by molar-refractivity contribution is 4.69. The van der Waals surface area contributed by atoms with Crippen molar-refractivity contribution in [2.75, 3.05) is 19.6 Å². The number of piperidine rings is 1. The summed E-state index contributed by atoms with van der Waals surface area (Å²) in [5, 5.41) is 0. The molecular formula is C8H15F2N. The third-order valence-electron chi connectivity index (χ3n) is 2.14. The van der Waals surface area contributed by atoms with Crippen LogP contribution in [0.2, 0.25) is 0 Å². The van der Waals surface area contributed by atoms with E-state index in [0.29, 0.717) is 5.92 Å². The molecule has 0 unspecified atom stereocenters. The second kappa shape index (κ2) is 4.00. The zero-order chi connectivity index (χ0) is 8.27. The molecule has 3 heteroatoms. The van der Waals surface area contributed by atoms with E-state index in [1.54, 1.807) is 0 Å². The molecule has 1 fully saturated rings. The van der Waals surface area contributed by atoms with Gasteiger partial charge in [0.05, 0.1) is 6.54 Å². The minimum absolute atomic E-state index is 0.0374. The van der Waals surface area contributed by atoms with E-state index in [0.717, 1.165) is 19.5 Å². The molecule has 1 saturated heterocycles. The van der Waals surface area contributed by atoms with Gasteiger partial charge in [0.2, 0.25) is 0 Å². The minimum Gasteiger partial charge on any atom is -0.297 e. The molecule has 0 aliphatic carbocycles. The first kappa shape index (κ1) is 8.91. The summed E-state index contributed by atoms with van der Waals surface area (Å²) in [6, 6.07) is 0. The van der Waals surface area contributed by atoms with Crippen LogP contribution in [0.4, 0.5) is 8.78 Å². The van der Waals surface area contributed by atoms with Gasteiger partial charge < -0.3 is 0 Å². The highest BCUT2D eigenvalue weighted by Crippen LogP contribution is 2.15. The fourth-order valence-corrected chi connectivity index (χ4v) is 1.65. The van der Waals surface area contributed by atoms with E-state index in [1.807, 2.05) is 4.90 Å². The molecule has 1 heterocycles. The summed E-state index contributed by atoms with van der Waals surface area (Å²) in [5.41, 5.74) is 0. The summed E-state index contributed by atoms with van der Waals surface area (Å²) >= 11 is 0. The lowest BCUT2D eigenvalue weighted by Gasteiger charge is -2.30. The molecule has 0 amide bonds. The van der Waals surface area contributed by atoms with Gasteiger partial charge in [0.25, 0.3) is 6.43 Å². The Bertz CT molecular complexity index is 115. The Morgan fingerprint density at radius 3 is 2.82 bits per heavy atom. The average Bonchev–Trinajstić information content (AvgIpc) is 1.85. The Balaban J connectivity index is 2.23. The molecule has 0 saturated carbocycles. The maximum Gasteiger partial charge on any atom is 0.251 e. The summed E-state index contributed by atoms with van der Waals surface area (Å²) < 4.78 is 23.8. The lowest BCUT2D eigenvalue weighted by Crippen LogP contribution is -2.37. The van der Waals surface area contributed by atoms with Gasteiger partial charge >= 0.3 is 0 Å². The van der Waals surface area contributed by atoms with Gasteiger partial charge in [-0.1, -0.05) is 6.92 Å². The molecule has 0 aromatic heterocycles. The minimum atomic E-state index is -2.17. The number of hydrogen-bond donors (Lipinski definition) is 0. The number of hydrogen-bond acceptors (Lipinski definition) is 1. The maximum atomic E-state index is 11.9. The first-order chi connectivity index (χ1) is 5.18. The molecule has 11 heavy (non-hydrogen) atoms.